The van der Waals surface area contributed by atoms with Crippen molar-refractivity contribution >= 4 is 5.97 Å². The van der Waals surface area contributed by atoms with Gasteiger partial charge < -0.3 is 5.11 Å². The maximum Gasteiger partial charge on any atom is 0.303 e. The summed E-state index contributed by atoms with van der Waals surface area (Å²) in [6.45, 7) is 7.14. The molecule has 1 aliphatic heterocycles. The molecule has 2 heterocycles. The van der Waals surface area contributed by atoms with Crippen molar-refractivity contribution < 1.29 is 9.90 Å². The summed E-state index contributed by atoms with van der Waals surface area (Å²) in [5, 5.41) is 13.3. The molecule has 0 spiro atoms. The lowest BCUT2D eigenvalue weighted by molar-refractivity contribution is -0.138. The summed E-state index contributed by atoms with van der Waals surface area (Å²) in [5.74, 6) is 0.0693. The van der Waals surface area contributed by atoms with Crippen LogP contribution in [0.2, 0.25) is 0 Å². The van der Waals surface area contributed by atoms with Gasteiger partial charge in [0, 0.05) is 38.3 Å². The van der Waals surface area contributed by atoms with Crippen molar-refractivity contribution in [2.24, 2.45) is 18.9 Å². The average molecular weight is 279 g/mol. The normalized spacial score (nSPS) is 21.9. The number of hydrogen-bond donors (Lipinski definition) is 1. The fourth-order valence-electron chi connectivity index (χ4n) is 3.19. The molecule has 0 amide bonds. The third-order valence-corrected chi connectivity index (χ3v) is 4.35. The molecule has 0 bridgehead atoms. The van der Waals surface area contributed by atoms with Crippen LogP contribution < -0.4 is 0 Å². The molecule has 20 heavy (non-hydrogen) atoms. The van der Waals surface area contributed by atoms with E-state index < -0.39 is 5.97 Å². The monoisotopic (exact) mass is 279 g/mol. The first-order valence-corrected chi connectivity index (χ1v) is 7.39. The van der Waals surface area contributed by atoms with Crippen molar-refractivity contribution in [3.05, 3.63) is 17.5 Å². The zero-order valence-corrected chi connectivity index (χ0v) is 12.7. The Morgan fingerprint density at radius 3 is 2.95 bits per heavy atom. The molecule has 0 radical (unpaired) electrons. The smallest absolute Gasteiger partial charge is 0.303 e. The lowest BCUT2D eigenvalue weighted by Crippen LogP contribution is -2.37. The first kappa shape index (κ1) is 15.0. The highest BCUT2D eigenvalue weighted by Gasteiger charge is 2.26. The van der Waals surface area contributed by atoms with Crippen molar-refractivity contribution in [2.45, 2.75) is 39.7 Å². The fraction of sp³-hybridized carbons (Fsp3) is 0.733. The highest BCUT2D eigenvalue weighted by Crippen LogP contribution is 2.27. The molecule has 1 aromatic heterocycles. The number of piperidine rings is 1. The van der Waals surface area contributed by atoms with Crippen LogP contribution in [0.3, 0.4) is 0 Å². The Bertz CT molecular complexity index is 470. The predicted octanol–water partition coefficient (Wildman–Crippen LogP) is 2.05. The van der Waals surface area contributed by atoms with Gasteiger partial charge in [-0.05, 0) is 38.1 Å². The van der Waals surface area contributed by atoms with E-state index in [1.807, 2.05) is 18.7 Å². The van der Waals surface area contributed by atoms with Gasteiger partial charge in [0.2, 0.25) is 0 Å². The quantitative estimate of drug-likeness (QED) is 0.896. The number of aliphatic carboxylic acids is 1. The topological polar surface area (TPSA) is 58.4 Å². The molecule has 5 heteroatoms. The molecule has 1 N–H and O–H groups in total. The Labute approximate surface area is 120 Å². The van der Waals surface area contributed by atoms with E-state index in [1.54, 1.807) is 0 Å². The number of carboxylic acids is 1. The Morgan fingerprint density at radius 1 is 1.60 bits per heavy atom. The summed E-state index contributed by atoms with van der Waals surface area (Å²) < 4.78 is 1.86. The lowest BCUT2D eigenvalue weighted by atomic mass is 9.84. The average Bonchev–Trinajstić information content (AvgIpc) is 2.67. The number of carboxylic acid groups (broad SMARTS) is 1. The molecule has 2 rings (SSSR count). The van der Waals surface area contributed by atoms with Gasteiger partial charge in [0.1, 0.15) is 0 Å². The largest absolute Gasteiger partial charge is 0.481 e. The molecule has 2 atom stereocenters. The van der Waals surface area contributed by atoms with Gasteiger partial charge in [-0.2, -0.15) is 5.10 Å². The van der Waals surface area contributed by atoms with E-state index in [1.165, 1.54) is 5.56 Å². The van der Waals surface area contributed by atoms with Crippen LogP contribution in [0.1, 0.15) is 37.4 Å². The van der Waals surface area contributed by atoms with Crippen molar-refractivity contribution in [3.8, 4) is 0 Å². The summed E-state index contributed by atoms with van der Waals surface area (Å²) in [7, 11) is 1.95. The van der Waals surface area contributed by atoms with Crippen LogP contribution in [0, 0.1) is 18.8 Å². The Hall–Kier alpha value is -1.36. The molecule has 0 aliphatic carbocycles. The molecule has 5 nitrogen and oxygen atoms in total. The highest BCUT2D eigenvalue weighted by atomic mass is 16.4. The highest BCUT2D eigenvalue weighted by molar-refractivity contribution is 5.67. The zero-order valence-electron chi connectivity index (χ0n) is 12.7. The summed E-state index contributed by atoms with van der Waals surface area (Å²) in [4.78, 5) is 13.3. The van der Waals surface area contributed by atoms with Gasteiger partial charge >= 0.3 is 5.97 Å². The Balaban J connectivity index is 1.93. The Kier molecular flexibility index (Phi) is 4.81. The predicted molar refractivity (Wildman–Crippen MR) is 77.4 cm³/mol. The van der Waals surface area contributed by atoms with Gasteiger partial charge in [-0.15, -0.1) is 0 Å². The fourth-order valence-corrected chi connectivity index (χ4v) is 3.19. The standard InChI is InChI=1S/C15H25N3O2/c1-11(7-15(19)20)13-5-4-6-18(9-13)10-14-8-17(3)16-12(14)2/h8,11,13H,4-7,9-10H2,1-3H3,(H,19,20). The van der Waals surface area contributed by atoms with Crippen LogP contribution in [-0.4, -0.2) is 38.8 Å². The molecular formula is C15H25N3O2. The number of aryl methyl sites for hydroxylation is 2. The summed E-state index contributed by atoms with van der Waals surface area (Å²) in [6, 6.07) is 0. The molecule has 0 aromatic carbocycles. The van der Waals surface area contributed by atoms with E-state index >= 15 is 0 Å². The van der Waals surface area contributed by atoms with Crippen molar-refractivity contribution in [1.82, 2.24) is 14.7 Å². The minimum atomic E-state index is -0.683. The van der Waals surface area contributed by atoms with E-state index in [9.17, 15) is 4.79 Å². The van der Waals surface area contributed by atoms with Crippen LogP contribution in [0.15, 0.2) is 6.20 Å². The Morgan fingerprint density at radius 2 is 2.35 bits per heavy atom. The zero-order chi connectivity index (χ0) is 14.7. The van der Waals surface area contributed by atoms with Crippen molar-refractivity contribution in [2.75, 3.05) is 13.1 Å². The minimum Gasteiger partial charge on any atom is -0.481 e. The second-order valence-electron chi connectivity index (χ2n) is 6.13. The van der Waals surface area contributed by atoms with Gasteiger partial charge in [0.25, 0.3) is 0 Å². The number of rotatable bonds is 5. The number of hydrogen-bond acceptors (Lipinski definition) is 3. The maximum atomic E-state index is 10.8. The van der Waals surface area contributed by atoms with Crippen LogP contribution >= 0.6 is 0 Å². The molecule has 2 unspecified atom stereocenters. The van der Waals surface area contributed by atoms with Crippen LogP contribution in [-0.2, 0) is 18.4 Å². The van der Waals surface area contributed by atoms with Crippen molar-refractivity contribution in [1.29, 1.82) is 0 Å². The van der Waals surface area contributed by atoms with Gasteiger partial charge in [0.05, 0.1) is 5.69 Å². The first-order chi connectivity index (χ1) is 9.45. The van der Waals surface area contributed by atoms with E-state index in [0.29, 0.717) is 5.92 Å². The molecule has 112 valence electrons. The third kappa shape index (κ3) is 3.82. The SMILES string of the molecule is Cc1nn(C)cc1CN1CCCC(C(C)CC(=O)O)C1. The summed E-state index contributed by atoms with van der Waals surface area (Å²) in [5.41, 5.74) is 2.37. The van der Waals surface area contributed by atoms with Gasteiger partial charge in [0.15, 0.2) is 0 Å². The van der Waals surface area contributed by atoms with Gasteiger partial charge in [-0.25, -0.2) is 0 Å². The minimum absolute atomic E-state index is 0.255. The number of aromatic nitrogens is 2. The van der Waals surface area contributed by atoms with Gasteiger partial charge in [-0.3, -0.25) is 14.4 Å². The molecule has 0 saturated carbocycles. The number of likely N-dealkylation sites (tertiary alicyclic amines) is 1. The van der Waals surface area contributed by atoms with Gasteiger partial charge in [-0.1, -0.05) is 6.92 Å². The third-order valence-electron chi connectivity index (χ3n) is 4.35. The second-order valence-corrected chi connectivity index (χ2v) is 6.13. The molecule has 1 saturated heterocycles. The van der Waals surface area contributed by atoms with Crippen LogP contribution in [0.25, 0.3) is 0 Å². The van der Waals surface area contributed by atoms with E-state index in [4.69, 9.17) is 5.11 Å². The lowest BCUT2D eigenvalue weighted by Gasteiger charge is -2.35. The number of nitrogens with zero attached hydrogens (tertiary/aromatic N) is 3. The molecule has 1 fully saturated rings. The molecular weight excluding hydrogens is 254 g/mol. The van der Waals surface area contributed by atoms with Crippen molar-refractivity contribution in [3.63, 3.8) is 0 Å². The maximum absolute atomic E-state index is 10.8. The summed E-state index contributed by atoms with van der Waals surface area (Å²) >= 11 is 0. The second kappa shape index (κ2) is 6.39. The van der Waals surface area contributed by atoms with Crippen LogP contribution in [0.4, 0.5) is 0 Å². The molecule has 1 aromatic rings. The van der Waals surface area contributed by atoms with E-state index in [0.717, 1.165) is 38.2 Å². The first-order valence-electron chi connectivity index (χ1n) is 7.39. The van der Waals surface area contributed by atoms with Crippen LogP contribution in [0.5, 0.6) is 0 Å². The van der Waals surface area contributed by atoms with E-state index in [-0.39, 0.29) is 12.3 Å². The van der Waals surface area contributed by atoms with E-state index in [2.05, 4.69) is 23.1 Å². The summed E-state index contributed by atoms with van der Waals surface area (Å²) in [6.07, 6.45) is 4.68. The molecule has 1 aliphatic rings. The number of carbonyl (C=O) groups is 1.